The lowest BCUT2D eigenvalue weighted by atomic mass is 10.2. The number of nitrogens with one attached hydrogen (secondary N) is 2. The number of hydrazine groups is 1. The molecule has 0 radical (unpaired) electrons. The molecule has 2 saturated carbocycles. The molecule has 0 saturated heterocycles. The van der Waals surface area contributed by atoms with Crippen LogP contribution in [0.1, 0.15) is 44.9 Å². The van der Waals surface area contributed by atoms with Crippen LogP contribution in [0.2, 0.25) is 0 Å². The first-order valence-electron chi connectivity index (χ1n) is 6.16. The summed E-state index contributed by atoms with van der Waals surface area (Å²) in [4.78, 5) is 4.46. The van der Waals surface area contributed by atoms with Gasteiger partial charge in [0.2, 0.25) is 5.96 Å². The Balaban J connectivity index is 1.69. The lowest BCUT2D eigenvalue weighted by molar-refractivity contribution is 0.612. The van der Waals surface area contributed by atoms with Crippen LogP contribution in [0.15, 0.2) is 4.99 Å². The zero-order valence-electron chi connectivity index (χ0n) is 9.34. The molecule has 0 aromatic rings. The van der Waals surface area contributed by atoms with Crippen LogP contribution < -0.4 is 16.6 Å². The van der Waals surface area contributed by atoms with Crippen molar-refractivity contribution in [1.82, 2.24) is 10.7 Å². The zero-order chi connectivity index (χ0) is 10.5. The van der Waals surface area contributed by atoms with Crippen molar-refractivity contribution in [2.75, 3.05) is 6.54 Å². The number of rotatable bonds is 4. The molecule has 4 heteroatoms. The van der Waals surface area contributed by atoms with E-state index in [9.17, 15) is 0 Å². The van der Waals surface area contributed by atoms with E-state index in [1.165, 1.54) is 44.9 Å². The summed E-state index contributed by atoms with van der Waals surface area (Å²) >= 11 is 0. The standard InChI is InChI=1S/C11H22N4/c12-15-11(13-8-7-9-5-6-9)14-10-3-1-2-4-10/h9-10H,1-8,12H2,(H2,13,14,15). The van der Waals surface area contributed by atoms with E-state index >= 15 is 0 Å². The van der Waals surface area contributed by atoms with Crippen molar-refractivity contribution in [3.63, 3.8) is 0 Å². The molecule has 2 aliphatic carbocycles. The van der Waals surface area contributed by atoms with E-state index < -0.39 is 0 Å². The van der Waals surface area contributed by atoms with Crippen LogP contribution in [0.5, 0.6) is 0 Å². The van der Waals surface area contributed by atoms with Crippen LogP contribution in [0.25, 0.3) is 0 Å². The minimum atomic E-state index is 0.584. The molecule has 86 valence electrons. The van der Waals surface area contributed by atoms with Gasteiger partial charge in [-0.25, -0.2) is 5.84 Å². The summed E-state index contributed by atoms with van der Waals surface area (Å²) in [7, 11) is 0. The maximum absolute atomic E-state index is 5.44. The maximum Gasteiger partial charge on any atom is 0.205 e. The van der Waals surface area contributed by atoms with Crippen molar-refractivity contribution in [2.24, 2.45) is 16.8 Å². The molecule has 4 N–H and O–H groups in total. The van der Waals surface area contributed by atoms with Crippen LogP contribution >= 0.6 is 0 Å². The number of guanidine groups is 1. The van der Waals surface area contributed by atoms with Gasteiger partial charge in [0, 0.05) is 12.6 Å². The molecule has 0 atom stereocenters. The van der Waals surface area contributed by atoms with Crippen molar-refractivity contribution >= 4 is 5.96 Å². The van der Waals surface area contributed by atoms with Gasteiger partial charge in [0.1, 0.15) is 0 Å². The van der Waals surface area contributed by atoms with Crippen molar-refractivity contribution in [1.29, 1.82) is 0 Å². The highest BCUT2D eigenvalue weighted by Gasteiger charge is 2.20. The lowest BCUT2D eigenvalue weighted by Gasteiger charge is -2.14. The number of hydrogen-bond donors (Lipinski definition) is 3. The molecule has 2 aliphatic rings. The lowest BCUT2D eigenvalue weighted by Crippen LogP contribution is -2.45. The smallest absolute Gasteiger partial charge is 0.205 e. The second kappa shape index (κ2) is 5.35. The molecule has 2 rings (SSSR count). The van der Waals surface area contributed by atoms with Gasteiger partial charge >= 0.3 is 0 Å². The fourth-order valence-electron chi connectivity index (χ4n) is 2.16. The van der Waals surface area contributed by atoms with Gasteiger partial charge in [-0.15, -0.1) is 0 Å². The number of nitrogens with two attached hydrogens (primary N) is 1. The van der Waals surface area contributed by atoms with Crippen LogP contribution in [-0.4, -0.2) is 18.5 Å². The average molecular weight is 210 g/mol. The minimum Gasteiger partial charge on any atom is -0.353 e. The molecule has 0 aromatic carbocycles. The number of nitrogens with zero attached hydrogens (tertiary/aromatic N) is 1. The van der Waals surface area contributed by atoms with E-state index in [2.05, 4.69) is 15.7 Å². The van der Waals surface area contributed by atoms with Crippen molar-refractivity contribution < 1.29 is 0 Å². The van der Waals surface area contributed by atoms with Crippen molar-refractivity contribution in [2.45, 2.75) is 51.0 Å². The predicted molar refractivity (Wildman–Crippen MR) is 62.4 cm³/mol. The first-order valence-corrected chi connectivity index (χ1v) is 6.16. The predicted octanol–water partition coefficient (Wildman–Crippen LogP) is 1.14. The summed E-state index contributed by atoms with van der Waals surface area (Å²) in [6.45, 7) is 0.907. The monoisotopic (exact) mass is 210 g/mol. The summed E-state index contributed by atoms with van der Waals surface area (Å²) in [5.41, 5.74) is 2.66. The molecule has 0 spiro atoms. The fourth-order valence-corrected chi connectivity index (χ4v) is 2.16. The van der Waals surface area contributed by atoms with Crippen LogP contribution in [0.4, 0.5) is 0 Å². The van der Waals surface area contributed by atoms with Gasteiger partial charge in [-0.1, -0.05) is 25.7 Å². The molecule has 0 amide bonds. The van der Waals surface area contributed by atoms with Crippen LogP contribution in [0, 0.1) is 5.92 Å². The highest BCUT2D eigenvalue weighted by Crippen LogP contribution is 2.32. The van der Waals surface area contributed by atoms with Gasteiger partial charge in [-0.05, 0) is 25.2 Å². The Morgan fingerprint density at radius 2 is 1.93 bits per heavy atom. The van der Waals surface area contributed by atoms with E-state index in [0.717, 1.165) is 18.4 Å². The largest absolute Gasteiger partial charge is 0.353 e. The van der Waals surface area contributed by atoms with Gasteiger partial charge < -0.3 is 5.32 Å². The van der Waals surface area contributed by atoms with E-state index in [1.807, 2.05) is 0 Å². The highest BCUT2D eigenvalue weighted by atomic mass is 15.3. The number of aliphatic imine (C=N–C) groups is 1. The molecule has 0 aromatic heterocycles. The van der Waals surface area contributed by atoms with E-state index in [-0.39, 0.29) is 0 Å². The fraction of sp³-hybridized carbons (Fsp3) is 0.909. The Hall–Kier alpha value is -0.770. The molecular weight excluding hydrogens is 188 g/mol. The first kappa shape index (κ1) is 10.7. The third kappa shape index (κ3) is 3.70. The second-order valence-electron chi connectivity index (χ2n) is 4.73. The van der Waals surface area contributed by atoms with E-state index in [1.54, 1.807) is 0 Å². The summed E-state index contributed by atoms with van der Waals surface area (Å²) in [6.07, 6.45) is 9.19. The van der Waals surface area contributed by atoms with Gasteiger partial charge in [0.25, 0.3) is 0 Å². The molecule has 15 heavy (non-hydrogen) atoms. The average Bonchev–Trinajstić information content (AvgIpc) is 2.93. The Kier molecular flexibility index (Phi) is 3.83. The van der Waals surface area contributed by atoms with Gasteiger partial charge in [-0.3, -0.25) is 10.4 Å². The van der Waals surface area contributed by atoms with Gasteiger partial charge in [0.05, 0.1) is 0 Å². The summed E-state index contributed by atoms with van der Waals surface area (Å²) in [6, 6.07) is 0.584. The van der Waals surface area contributed by atoms with E-state index in [4.69, 9.17) is 5.84 Å². The SMILES string of the molecule is NNC(=NCCC1CC1)NC1CCCC1. The number of hydrogen-bond acceptors (Lipinski definition) is 2. The molecular formula is C11H22N4. The Labute approximate surface area is 91.7 Å². The highest BCUT2D eigenvalue weighted by molar-refractivity contribution is 5.79. The molecule has 2 fully saturated rings. The van der Waals surface area contributed by atoms with Gasteiger partial charge in [0.15, 0.2) is 0 Å². The van der Waals surface area contributed by atoms with Gasteiger partial charge in [-0.2, -0.15) is 0 Å². The normalized spacial score (nSPS) is 23.1. The molecule has 0 bridgehead atoms. The Morgan fingerprint density at radius 3 is 2.53 bits per heavy atom. The molecule has 0 aliphatic heterocycles. The summed E-state index contributed by atoms with van der Waals surface area (Å²) in [5, 5.41) is 3.37. The topological polar surface area (TPSA) is 62.4 Å². The summed E-state index contributed by atoms with van der Waals surface area (Å²) < 4.78 is 0. The van der Waals surface area contributed by atoms with Crippen LogP contribution in [0.3, 0.4) is 0 Å². The first-order chi connectivity index (χ1) is 7.38. The Bertz CT molecular complexity index is 217. The zero-order valence-corrected chi connectivity index (χ0v) is 9.34. The Morgan fingerprint density at radius 1 is 1.20 bits per heavy atom. The molecule has 4 nitrogen and oxygen atoms in total. The summed E-state index contributed by atoms with van der Waals surface area (Å²) in [5.74, 6) is 7.16. The third-order valence-corrected chi connectivity index (χ3v) is 3.34. The van der Waals surface area contributed by atoms with E-state index in [0.29, 0.717) is 6.04 Å². The van der Waals surface area contributed by atoms with Crippen molar-refractivity contribution in [3.05, 3.63) is 0 Å². The van der Waals surface area contributed by atoms with Crippen LogP contribution in [-0.2, 0) is 0 Å². The minimum absolute atomic E-state index is 0.584. The maximum atomic E-state index is 5.44. The molecule has 0 unspecified atom stereocenters. The third-order valence-electron chi connectivity index (χ3n) is 3.34. The molecule has 0 heterocycles. The quantitative estimate of drug-likeness (QED) is 0.282. The van der Waals surface area contributed by atoms with Crippen molar-refractivity contribution in [3.8, 4) is 0 Å². The second-order valence-corrected chi connectivity index (χ2v) is 4.73.